The second-order valence-corrected chi connectivity index (χ2v) is 7.83. The molecule has 0 aliphatic carbocycles. The molecule has 2 aromatic rings. The maximum absolute atomic E-state index is 11.8. The molecule has 7 heteroatoms. The van der Waals surface area contributed by atoms with Gasteiger partial charge in [0.2, 0.25) is 0 Å². The lowest BCUT2D eigenvalue weighted by Crippen LogP contribution is -2.17. The van der Waals surface area contributed by atoms with Crippen LogP contribution in [-0.4, -0.2) is 28.8 Å². The van der Waals surface area contributed by atoms with Gasteiger partial charge in [-0.1, -0.05) is 49.6 Å². The number of carbonyl (C=O) groups is 3. The Kier molecular flexibility index (Phi) is 7.30. The summed E-state index contributed by atoms with van der Waals surface area (Å²) >= 11 is 0.905. The van der Waals surface area contributed by atoms with Crippen LogP contribution in [0.3, 0.4) is 0 Å². The molecular formula is C22H23NO5S. The minimum absolute atomic E-state index is 0.235. The summed E-state index contributed by atoms with van der Waals surface area (Å²) in [4.78, 5) is 34.1. The van der Waals surface area contributed by atoms with E-state index >= 15 is 0 Å². The fraction of sp³-hybridized carbons (Fsp3) is 0.318. The highest BCUT2D eigenvalue weighted by Gasteiger charge is 2.25. The molecule has 1 aliphatic rings. The highest BCUT2D eigenvalue weighted by atomic mass is 32.2. The van der Waals surface area contributed by atoms with Crippen LogP contribution >= 0.6 is 11.8 Å². The number of nitrogens with one attached hydrogen (secondary N) is 1. The number of carboxylic acid groups (broad SMARTS) is 1. The zero-order chi connectivity index (χ0) is 20.6. The number of rotatable bonds is 10. The Balaban J connectivity index is 1.61. The van der Waals surface area contributed by atoms with Gasteiger partial charge in [0, 0.05) is 11.8 Å². The minimum atomic E-state index is -0.738. The number of thioether (sulfide) groups is 1. The number of ether oxygens (including phenoxy) is 1. The summed E-state index contributed by atoms with van der Waals surface area (Å²) in [6, 6.07) is 11.6. The summed E-state index contributed by atoms with van der Waals surface area (Å²) in [6.07, 6.45) is 6.52. The molecule has 0 radical (unpaired) electrons. The number of unbranched alkanes of at least 4 members (excludes halogenated alkanes) is 4. The van der Waals surface area contributed by atoms with E-state index in [9.17, 15) is 14.4 Å². The summed E-state index contributed by atoms with van der Waals surface area (Å²) in [5, 5.41) is 12.5. The minimum Gasteiger partial charge on any atom is -0.493 e. The number of fused-ring (bicyclic) bond motifs is 1. The van der Waals surface area contributed by atoms with Gasteiger partial charge >= 0.3 is 5.97 Å². The summed E-state index contributed by atoms with van der Waals surface area (Å²) in [6.45, 7) is 0.593. The molecule has 0 atom stereocenters. The van der Waals surface area contributed by atoms with Crippen LogP contribution in [0.5, 0.6) is 5.75 Å². The standard InChI is InChI=1S/C22H23NO5S/c24-20(25)10-4-2-1-3-7-13-28-18-12-11-15(16-8-5-6-9-17(16)18)14-19-21(26)23-22(27)29-19/h5-6,8-9,11-12,14H,1-4,7,10,13H2,(H,24,25)(H,23,26,27)/b19-14-. The highest BCUT2D eigenvalue weighted by Crippen LogP contribution is 2.32. The molecule has 1 aliphatic heterocycles. The summed E-state index contributed by atoms with van der Waals surface area (Å²) in [7, 11) is 0. The van der Waals surface area contributed by atoms with Gasteiger partial charge in [-0.2, -0.15) is 0 Å². The highest BCUT2D eigenvalue weighted by molar-refractivity contribution is 8.18. The molecule has 2 N–H and O–H groups in total. The predicted molar refractivity (Wildman–Crippen MR) is 114 cm³/mol. The van der Waals surface area contributed by atoms with Gasteiger partial charge in [0.05, 0.1) is 11.5 Å². The van der Waals surface area contributed by atoms with Crippen molar-refractivity contribution in [3.8, 4) is 5.75 Å². The largest absolute Gasteiger partial charge is 0.493 e. The Morgan fingerprint density at radius 3 is 2.45 bits per heavy atom. The first-order valence-electron chi connectivity index (χ1n) is 9.66. The van der Waals surface area contributed by atoms with E-state index in [1.165, 1.54) is 0 Å². The van der Waals surface area contributed by atoms with Gasteiger partial charge in [-0.3, -0.25) is 19.7 Å². The summed E-state index contributed by atoms with van der Waals surface area (Å²) < 4.78 is 5.97. The number of hydrogen-bond acceptors (Lipinski definition) is 5. The van der Waals surface area contributed by atoms with Crippen LogP contribution in [0.1, 0.15) is 44.1 Å². The van der Waals surface area contributed by atoms with Crippen LogP contribution < -0.4 is 10.1 Å². The third-order valence-electron chi connectivity index (χ3n) is 4.64. The quantitative estimate of drug-likeness (QED) is 0.422. The summed E-state index contributed by atoms with van der Waals surface area (Å²) in [5.74, 6) is -0.320. The molecule has 0 bridgehead atoms. The molecule has 1 saturated heterocycles. The van der Waals surface area contributed by atoms with E-state index in [1.54, 1.807) is 6.08 Å². The van der Waals surface area contributed by atoms with E-state index in [4.69, 9.17) is 9.84 Å². The normalized spacial score (nSPS) is 15.1. The number of amides is 2. The van der Waals surface area contributed by atoms with Gasteiger partial charge in [-0.05, 0) is 47.7 Å². The van der Waals surface area contributed by atoms with E-state index in [0.29, 0.717) is 11.5 Å². The lowest BCUT2D eigenvalue weighted by atomic mass is 10.0. The van der Waals surface area contributed by atoms with Crippen LogP contribution in [0.25, 0.3) is 16.8 Å². The van der Waals surface area contributed by atoms with Crippen molar-refractivity contribution in [2.45, 2.75) is 38.5 Å². The van der Waals surface area contributed by atoms with Crippen LogP contribution in [0.15, 0.2) is 41.3 Å². The van der Waals surface area contributed by atoms with Crippen LogP contribution in [-0.2, 0) is 9.59 Å². The molecule has 3 rings (SSSR count). The number of benzene rings is 2. The monoisotopic (exact) mass is 413 g/mol. The predicted octanol–water partition coefficient (Wildman–Crippen LogP) is 4.97. The molecule has 2 amide bonds. The van der Waals surface area contributed by atoms with Crippen molar-refractivity contribution in [1.29, 1.82) is 0 Å². The van der Waals surface area contributed by atoms with E-state index in [0.717, 1.165) is 66.0 Å². The Morgan fingerprint density at radius 2 is 1.72 bits per heavy atom. The maximum atomic E-state index is 11.8. The molecule has 0 spiro atoms. The van der Waals surface area contributed by atoms with Crippen LogP contribution in [0.4, 0.5) is 4.79 Å². The zero-order valence-electron chi connectivity index (χ0n) is 16.0. The fourth-order valence-electron chi connectivity index (χ4n) is 3.20. The maximum Gasteiger partial charge on any atom is 0.303 e. The van der Waals surface area contributed by atoms with Crippen molar-refractivity contribution in [3.63, 3.8) is 0 Å². The van der Waals surface area contributed by atoms with E-state index in [1.807, 2.05) is 36.4 Å². The van der Waals surface area contributed by atoms with E-state index < -0.39 is 5.97 Å². The van der Waals surface area contributed by atoms with Crippen molar-refractivity contribution in [2.24, 2.45) is 0 Å². The SMILES string of the molecule is O=C(O)CCCCCCCOc1ccc(/C=C2\SC(=O)NC2=O)c2ccccc12. The molecule has 1 heterocycles. The average Bonchev–Trinajstić information content (AvgIpc) is 3.02. The molecule has 0 aromatic heterocycles. The number of carboxylic acids is 1. The van der Waals surface area contributed by atoms with Crippen molar-refractivity contribution in [3.05, 3.63) is 46.9 Å². The van der Waals surface area contributed by atoms with Crippen molar-refractivity contribution < 1.29 is 24.2 Å². The fourth-order valence-corrected chi connectivity index (χ4v) is 3.87. The van der Waals surface area contributed by atoms with Crippen LogP contribution in [0.2, 0.25) is 0 Å². The topological polar surface area (TPSA) is 92.7 Å². The Hall–Kier alpha value is -2.80. The second kappa shape index (κ2) is 10.1. The third-order valence-corrected chi connectivity index (χ3v) is 5.45. The first-order chi connectivity index (χ1) is 14.0. The average molecular weight is 413 g/mol. The third kappa shape index (κ3) is 5.84. The van der Waals surface area contributed by atoms with Gasteiger partial charge in [0.15, 0.2) is 0 Å². The molecule has 1 fully saturated rings. The lowest BCUT2D eigenvalue weighted by molar-refractivity contribution is -0.137. The van der Waals surface area contributed by atoms with Gasteiger partial charge in [0.1, 0.15) is 5.75 Å². The lowest BCUT2D eigenvalue weighted by Gasteiger charge is -2.11. The molecule has 0 saturated carbocycles. The second-order valence-electron chi connectivity index (χ2n) is 6.81. The van der Waals surface area contributed by atoms with Gasteiger partial charge < -0.3 is 9.84 Å². The smallest absolute Gasteiger partial charge is 0.303 e. The molecule has 0 unspecified atom stereocenters. The van der Waals surface area contributed by atoms with Gasteiger partial charge in [-0.25, -0.2) is 0 Å². The van der Waals surface area contributed by atoms with Gasteiger partial charge in [-0.15, -0.1) is 0 Å². The molecule has 152 valence electrons. The molecule has 29 heavy (non-hydrogen) atoms. The summed E-state index contributed by atoms with van der Waals surface area (Å²) in [5.41, 5.74) is 0.860. The Morgan fingerprint density at radius 1 is 1.00 bits per heavy atom. The Labute approximate surface area is 173 Å². The first kappa shape index (κ1) is 20.9. The molecular weight excluding hydrogens is 390 g/mol. The number of carbonyl (C=O) groups excluding carboxylic acids is 2. The first-order valence-corrected chi connectivity index (χ1v) is 10.5. The van der Waals surface area contributed by atoms with Gasteiger partial charge in [0.25, 0.3) is 11.1 Å². The van der Waals surface area contributed by atoms with Crippen molar-refractivity contribution >= 4 is 45.7 Å². The van der Waals surface area contributed by atoms with E-state index in [-0.39, 0.29) is 17.6 Å². The zero-order valence-corrected chi connectivity index (χ0v) is 16.8. The number of hydrogen-bond donors (Lipinski definition) is 2. The number of aliphatic carboxylic acids is 1. The van der Waals surface area contributed by atoms with E-state index in [2.05, 4.69) is 5.32 Å². The molecule has 2 aromatic carbocycles. The van der Waals surface area contributed by atoms with Crippen molar-refractivity contribution in [2.75, 3.05) is 6.61 Å². The number of imide groups is 1. The van der Waals surface area contributed by atoms with Crippen molar-refractivity contribution in [1.82, 2.24) is 5.32 Å². The van der Waals surface area contributed by atoms with Crippen LogP contribution in [0, 0.1) is 0 Å². The Bertz CT molecular complexity index is 953. The molecule has 6 nitrogen and oxygen atoms in total.